The van der Waals surface area contributed by atoms with Crippen LogP contribution in [0.5, 0.6) is 0 Å². The molecule has 0 aliphatic carbocycles. The summed E-state index contributed by atoms with van der Waals surface area (Å²) in [5.74, 6) is 1.98. The molecule has 0 N–H and O–H groups in total. The molecule has 0 fully saturated rings. The van der Waals surface area contributed by atoms with Gasteiger partial charge in [-0.2, -0.15) is 11.8 Å². The van der Waals surface area contributed by atoms with Crippen molar-refractivity contribution in [2.45, 2.75) is 79.1 Å². The normalized spacial score (nSPS) is 13.3. The zero-order valence-corrected chi connectivity index (χ0v) is 17.5. The van der Waals surface area contributed by atoms with Gasteiger partial charge in [0.1, 0.15) is 0 Å². The summed E-state index contributed by atoms with van der Waals surface area (Å²) in [5, 5.41) is 0. The van der Waals surface area contributed by atoms with Gasteiger partial charge in [0.25, 0.3) is 0 Å². The maximum atomic E-state index is 11.9. The van der Waals surface area contributed by atoms with Crippen molar-refractivity contribution in [2.24, 2.45) is 11.8 Å². The minimum Gasteiger partial charge on any atom is -0.465 e. The Labute approximate surface area is 158 Å². The molecule has 0 aliphatic rings. The fourth-order valence-corrected chi connectivity index (χ4v) is 3.53. The molecular formula is C20H38O4S. The third kappa shape index (κ3) is 12.3. The quantitative estimate of drug-likeness (QED) is 0.273. The van der Waals surface area contributed by atoms with Crippen molar-refractivity contribution in [3.8, 4) is 0 Å². The van der Waals surface area contributed by atoms with E-state index >= 15 is 0 Å². The first-order chi connectivity index (χ1) is 12.1. The Morgan fingerprint density at radius 2 is 1.16 bits per heavy atom. The van der Waals surface area contributed by atoms with Crippen molar-refractivity contribution in [1.29, 1.82) is 0 Å². The summed E-state index contributed by atoms with van der Waals surface area (Å²) in [6.45, 7) is 9.28. The minimum atomic E-state index is -0.0428. The molecule has 0 heterocycles. The maximum Gasteiger partial charge on any atom is 0.308 e. The topological polar surface area (TPSA) is 52.6 Å². The van der Waals surface area contributed by atoms with Crippen LogP contribution in [-0.2, 0) is 19.1 Å². The van der Waals surface area contributed by atoms with Crippen molar-refractivity contribution in [1.82, 2.24) is 0 Å². The Balaban J connectivity index is 3.55. The first-order valence-corrected chi connectivity index (χ1v) is 11.2. The van der Waals surface area contributed by atoms with Gasteiger partial charge >= 0.3 is 11.9 Å². The Morgan fingerprint density at radius 1 is 0.760 bits per heavy atom. The van der Waals surface area contributed by atoms with Crippen LogP contribution in [0.2, 0.25) is 0 Å². The summed E-state index contributed by atoms with van der Waals surface area (Å²) >= 11 is 1.82. The molecule has 0 saturated heterocycles. The van der Waals surface area contributed by atoms with E-state index in [1.54, 1.807) is 0 Å². The molecular weight excluding hydrogens is 336 g/mol. The number of carbonyl (C=O) groups excluding carboxylic acids is 2. The second-order valence-electron chi connectivity index (χ2n) is 6.44. The van der Waals surface area contributed by atoms with Crippen LogP contribution in [0.25, 0.3) is 0 Å². The lowest BCUT2D eigenvalue weighted by Gasteiger charge is -2.13. The molecule has 0 bridgehead atoms. The fourth-order valence-electron chi connectivity index (χ4n) is 2.68. The zero-order chi connectivity index (χ0) is 18.9. The standard InChI is InChI=1S/C20H38O4S/c1-5-11-17(7-3)19(21)23-13-9-15-25-16-10-14-24-20(22)18(8-4)12-6-2/h17-18H,5-16H2,1-4H3. The molecule has 2 unspecified atom stereocenters. The average molecular weight is 375 g/mol. The first-order valence-electron chi connectivity index (χ1n) is 10.0. The van der Waals surface area contributed by atoms with Crippen molar-refractivity contribution >= 4 is 23.7 Å². The van der Waals surface area contributed by atoms with Gasteiger partial charge in [0, 0.05) is 0 Å². The highest BCUT2D eigenvalue weighted by Gasteiger charge is 2.17. The van der Waals surface area contributed by atoms with Gasteiger partial charge in [0.15, 0.2) is 0 Å². The molecule has 0 aromatic carbocycles. The summed E-state index contributed by atoms with van der Waals surface area (Å²) in [7, 11) is 0. The third-order valence-corrected chi connectivity index (χ3v) is 5.44. The van der Waals surface area contributed by atoms with Gasteiger partial charge < -0.3 is 9.47 Å². The van der Waals surface area contributed by atoms with E-state index in [9.17, 15) is 9.59 Å². The highest BCUT2D eigenvalue weighted by atomic mass is 32.2. The number of hydrogen-bond donors (Lipinski definition) is 0. The van der Waals surface area contributed by atoms with Crippen molar-refractivity contribution in [3.63, 3.8) is 0 Å². The van der Waals surface area contributed by atoms with E-state index in [-0.39, 0.29) is 23.8 Å². The van der Waals surface area contributed by atoms with Crippen LogP contribution < -0.4 is 0 Å². The predicted molar refractivity (Wildman–Crippen MR) is 106 cm³/mol. The molecule has 0 aromatic heterocycles. The molecule has 2 atom stereocenters. The second-order valence-corrected chi connectivity index (χ2v) is 7.67. The van der Waals surface area contributed by atoms with E-state index in [1.807, 2.05) is 25.6 Å². The van der Waals surface area contributed by atoms with Crippen LogP contribution in [0.3, 0.4) is 0 Å². The molecule has 0 spiro atoms. The Bertz CT molecular complexity index is 315. The number of hydrogen-bond acceptors (Lipinski definition) is 5. The van der Waals surface area contributed by atoms with Gasteiger partial charge in [-0.25, -0.2) is 0 Å². The summed E-state index contributed by atoms with van der Waals surface area (Å²) in [6.07, 6.45) is 7.35. The predicted octanol–water partition coefficient (Wildman–Crippen LogP) is 5.24. The van der Waals surface area contributed by atoms with E-state index in [2.05, 4.69) is 13.8 Å². The van der Waals surface area contributed by atoms with Crippen LogP contribution >= 0.6 is 11.8 Å². The average Bonchev–Trinajstić information content (AvgIpc) is 2.62. The molecule has 25 heavy (non-hydrogen) atoms. The Kier molecular flexibility index (Phi) is 16.3. The molecule has 0 radical (unpaired) electrons. The summed E-state index contributed by atoms with van der Waals surface area (Å²) in [4.78, 5) is 23.7. The number of carbonyl (C=O) groups is 2. The Morgan fingerprint density at radius 3 is 1.48 bits per heavy atom. The highest BCUT2D eigenvalue weighted by Crippen LogP contribution is 2.14. The lowest BCUT2D eigenvalue weighted by Crippen LogP contribution is -2.18. The van der Waals surface area contributed by atoms with Crippen molar-refractivity contribution in [3.05, 3.63) is 0 Å². The monoisotopic (exact) mass is 374 g/mol. The van der Waals surface area contributed by atoms with Gasteiger partial charge in [-0.3, -0.25) is 9.59 Å². The zero-order valence-electron chi connectivity index (χ0n) is 16.7. The van der Waals surface area contributed by atoms with Crippen LogP contribution in [0.1, 0.15) is 79.1 Å². The summed E-state index contributed by atoms with van der Waals surface area (Å²) < 4.78 is 10.7. The lowest BCUT2D eigenvalue weighted by atomic mass is 10.0. The second kappa shape index (κ2) is 16.7. The van der Waals surface area contributed by atoms with Crippen molar-refractivity contribution < 1.29 is 19.1 Å². The SMILES string of the molecule is CCCC(CC)C(=O)OCCCSCCCOC(=O)C(CC)CCC. The van der Waals surface area contributed by atoms with E-state index in [0.717, 1.165) is 62.9 Å². The van der Waals surface area contributed by atoms with E-state index in [4.69, 9.17) is 9.47 Å². The molecule has 0 aliphatic heterocycles. The number of rotatable bonds is 16. The molecule has 148 valence electrons. The molecule has 0 amide bonds. The lowest BCUT2D eigenvalue weighted by molar-refractivity contribution is -0.149. The fraction of sp³-hybridized carbons (Fsp3) is 0.900. The van der Waals surface area contributed by atoms with Gasteiger partial charge in [-0.05, 0) is 50.0 Å². The minimum absolute atomic E-state index is 0.0428. The van der Waals surface area contributed by atoms with Gasteiger partial charge in [-0.1, -0.05) is 40.5 Å². The Hall–Kier alpha value is -0.710. The molecule has 0 rings (SSSR count). The van der Waals surface area contributed by atoms with Crippen molar-refractivity contribution in [2.75, 3.05) is 24.7 Å². The first kappa shape index (κ1) is 24.3. The van der Waals surface area contributed by atoms with Crippen LogP contribution in [0, 0.1) is 11.8 Å². The van der Waals surface area contributed by atoms with Crippen LogP contribution in [0.15, 0.2) is 0 Å². The maximum absolute atomic E-state index is 11.9. The van der Waals surface area contributed by atoms with Gasteiger partial charge in [0.2, 0.25) is 0 Å². The van der Waals surface area contributed by atoms with E-state index < -0.39 is 0 Å². The smallest absolute Gasteiger partial charge is 0.308 e. The third-order valence-electron chi connectivity index (χ3n) is 4.28. The van der Waals surface area contributed by atoms with Gasteiger partial charge in [-0.15, -0.1) is 0 Å². The molecule has 0 aromatic rings. The van der Waals surface area contributed by atoms with E-state index in [0.29, 0.717) is 13.2 Å². The van der Waals surface area contributed by atoms with Crippen LogP contribution in [0.4, 0.5) is 0 Å². The van der Waals surface area contributed by atoms with Crippen LogP contribution in [-0.4, -0.2) is 36.7 Å². The number of ether oxygens (including phenoxy) is 2. The molecule has 0 saturated carbocycles. The molecule has 5 heteroatoms. The largest absolute Gasteiger partial charge is 0.465 e. The highest BCUT2D eigenvalue weighted by molar-refractivity contribution is 7.99. The summed E-state index contributed by atoms with van der Waals surface area (Å²) in [6, 6.07) is 0. The molecule has 4 nitrogen and oxygen atoms in total. The summed E-state index contributed by atoms with van der Waals surface area (Å²) in [5.41, 5.74) is 0. The van der Waals surface area contributed by atoms with E-state index in [1.165, 1.54) is 0 Å². The number of thioether (sulfide) groups is 1. The van der Waals surface area contributed by atoms with Gasteiger partial charge in [0.05, 0.1) is 25.0 Å². The number of esters is 2.